The third kappa shape index (κ3) is 4.11. The van der Waals surface area contributed by atoms with E-state index < -0.39 is 4.75 Å². The number of carbonyl (C=O) groups is 1. The monoisotopic (exact) mass is 343 g/mol. The molecule has 4 heteroatoms. The molecule has 3 nitrogen and oxygen atoms in total. The summed E-state index contributed by atoms with van der Waals surface area (Å²) in [6.07, 6.45) is 2.21. The summed E-state index contributed by atoms with van der Waals surface area (Å²) < 4.78 is 4.96. The molecule has 0 radical (unpaired) electrons. The first kappa shape index (κ1) is 17.3. The van der Waals surface area contributed by atoms with Crippen molar-refractivity contribution in [3.05, 3.63) is 42.5 Å². The van der Waals surface area contributed by atoms with Gasteiger partial charge in [0, 0.05) is 24.3 Å². The minimum atomic E-state index is -0.449. The van der Waals surface area contributed by atoms with Crippen LogP contribution in [0.15, 0.2) is 42.5 Å². The second kappa shape index (κ2) is 7.58. The van der Waals surface area contributed by atoms with Crippen LogP contribution in [0, 0.1) is 5.92 Å². The first-order chi connectivity index (χ1) is 11.6. The molecule has 1 fully saturated rings. The van der Waals surface area contributed by atoms with E-state index in [1.807, 2.05) is 44.2 Å². The molecule has 0 unspecified atom stereocenters. The Kier molecular flexibility index (Phi) is 5.47. The van der Waals surface area contributed by atoms with Crippen LogP contribution in [0.1, 0.15) is 26.7 Å². The highest BCUT2D eigenvalue weighted by Gasteiger charge is 2.30. The zero-order valence-corrected chi connectivity index (χ0v) is 15.2. The lowest BCUT2D eigenvalue weighted by atomic mass is 10.0. The van der Waals surface area contributed by atoms with Gasteiger partial charge in [-0.2, -0.15) is 0 Å². The maximum Gasteiger partial charge on any atom is 0.240 e. The van der Waals surface area contributed by atoms with E-state index in [-0.39, 0.29) is 5.91 Å². The Morgan fingerprint density at radius 2 is 1.88 bits per heavy atom. The van der Waals surface area contributed by atoms with Crippen molar-refractivity contribution in [3.8, 4) is 0 Å². The number of carbonyl (C=O) groups excluding carboxylic acids is 1. The smallest absolute Gasteiger partial charge is 0.240 e. The minimum Gasteiger partial charge on any atom is -0.381 e. The van der Waals surface area contributed by atoms with Gasteiger partial charge in [0.1, 0.15) is 0 Å². The highest BCUT2D eigenvalue weighted by atomic mass is 32.2. The maximum atomic E-state index is 12.8. The topological polar surface area (TPSA) is 38.3 Å². The number of ether oxygens (including phenoxy) is 1. The average molecular weight is 343 g/mol. The molecule has 128 valence electrons. The van der Waals surface area contributed by atoms with Crippen LogP contribution in [0.25, 0.3) is 10.8 Å². The van der Waals surface area contributed by atoms with Crippen molar-refractivity contribution < 1.29 is 9.53 Å². The lowest BCUT2D eigenvalue weighted by Gasteiger charge is -2.28. The van der Waals surface area contributed by atoms with Crippen LogP contribution >= 0.6 is 11.8 Å². The Morgan fingerprint density at radius 1 is 1.17 bits per heavy atom. The zero-order valence-electron chi connectivity index (χ0n) is 14.4. The number of thioether (sulfide) groups is 1. The van der Waals surface area contributed by atoms with Gasteiger partial charge >= 0.3 is 0 Å². The van der Waals surface area contributed by atoms with Crippen molar-refractivity contribution in [2.24, 2.45) is 5.92 Å². The van der Waals surface area contributed by atoms with Crippen LogP contribution in [-0.4, -0.2) is 29.6 Å². The third-order valence-electron chi connectivity index (χ3n) is 4.61. The normalized spacial score (nSPS) is 16.2. The van der Waals surface area contributed by atoms with Gasteiger partial charge in [0.15, 0.2) is 0 Å². The molecule has 0 aliphatic carbocycles. The quantitative estimate of drug-likeness (QED) is 0.854. The first-order valence-corrected chi connectivity index (χ1v) is 9.56. The van der Waals surface area contributed by atoms with Crippen LogP contribution in [0.4, 0.5) is 5.69 Å². The molecule has 1 saturated heterocycles. The molecule has 0 aromatic heterocycles. The molecular formula is C20H25NO2S. The van der Waals surface area contributed by atoms with E-state index >= 15 is 0 Å². The van der Waals surface area contributed by atoms with E-state index in [0.717, 1.165) is 48.3 Å². The number of nitrogens with one attached hydrogen (secondary N) is 1. The van der Waals surface area contributed by atoms with Gasteiger partial charge in [-0.3, -0.25) is 4.79 Å². The van der Waals surface area contributed by atoms with Crippen LogP contribution in [0.5, 0.6) is 0 Å². The Balaban J connectivity index is 1.66. The lowest BCUT2D eigenvalue weighted by molar-refractivity contribution is -0.117. The van der Waals surface area contributed by atoms with Crippen molar-refractivity contribution in [2.75, 3.05) is 24.3 Å². The summed E-state index contributed by atoms with van der Waals surface area (Å²) in [6, 6.07) is 14.2. The molecule has 0 saturated carbocycles. The number of anilines is 1. The number of fused-ring (bicyclic) bond motifs is 1. The second-order valence-electron chi connectivity index (χ2n) is 6.86. The van der Waals surface area contributed by atoms with Crippen molar-refractivity contribution in [3.63, 3.8) is 0 Å². The summed E-state index contributed by atoms with van der Waals surface area (Å²) in [7, 11) is 0. The molecular weight excluding hydrogens is 318 g/mol. The Morgan fingerprint density at radius 3 is 2.67 bits per heavy atom. The van der Waals surface area contributed by atoms with Gasteiger partial charge in [-0.25, -0.2) is 0 Å². The molecule has 2 aromatic rings. The summed E-state index contributed by atoms with van der Waals surface area (Å²) in [5, 5.41) is 5.35. The predicted molar refractivity (Wildman–Crippen MR) is 103 cm³/mol. The highest BCUT2D eigenvalue weighted by Crippen LogP contribution is 2.32. The van der Waals surface area contributed by atoms with Gasteiger partial charge in [0.05, 0.1) is 4.75 Å². The second-order valence-corrected chi connectivity index (χ2v) is 8.50. The SMILES string of the molecule is CC(C)(SCC1CCOCC1)C(=O)Nc1cccc2ccccc12. The minimum absolute atomic E-state index is 0.0657. The van der Waals surface area contributed by atoms with Crippen molar-refractivity contribution in [1.82, 2.24) is 0 Å². The first-order valence-electron chi connectivity index (χ1n) is 8.57. The maximum absolute atomic E-state index is 12.8. The molecule has 0 bridgehead atoms. The van der Waals surface area contributed by atoms with Crippen molar-refractivity contribution in [1.29, 1.82) is 0 Å². The number of hydrogen-bond donors (Lipinski definition) is 1. The Labute approximate surface area is 148 Å². The van der Waals surface area contributed by atoms with E-state index in [1.165, 1.54) is 0 Å². The van der Waals surface area contributed by atoms with Gasteiger partial charge in [-0.15, -0.1) is 11.8 Å². The van der Waals surface area contributed by atoms with Gasteiger partial charge in [0.25, 0.3) is 0 Å². The molecule has 0 atom stereocenters. The van der Waals surface area contributed by atoms with E-state index in [1.54, 1.807) is 11.8 Å². The molecule has 2 aromatic carbocycles. The molecule has 1 aliphatic rings. The summed E-state index contributed by atoms with van der Waals surface area (Å²) in [5.74, 6) is 1.74. The van der Waals surface area contributed by atoms with E-state index in [9.17, 15) is 4.79 Å². The number of hydrogen-bond acceptors (Lipinski definition) is 3. The van der Waals surface area contributed by atoms with Crippen LogP contribution in [-0.2, 0) is 9.53 Å². The number of amides is 1. The van der Waals surface area contributed by atoms with Crippen molar-refractivity contribution in [2.45, 2.75) is 31.4 Å². The lowest BCUT2D eigenvalue weighted by Crippen LogP contribution is -2.35. The number of rotatable bonds is 5. The van der Waals surface area contributed by atoms with E-state index in [4.69, 9.17) is 4.74 Å². The predicted octanol–water partition coefficient (Wildman–Crippen LogP) is 4.72. The van der Waals surface area contributed by atoms with Crippen molar-refractivity contribution >= 4 is 34.1 Å². The van der Waals surface area contributed by atoms with Gasteiger partial charge < -0.3 is 10.1 Å². The summed E-state index contributed by atoms with van der Waals surface area (Å²) >= 11 is 1.75. The largest absolute Gasteiger partial charge is 0.381 e. The summed E-state index contributed by atoms with van der Waals surface area (Å²) in [6.45, 7) is 5.73. The summed E-state index contributed by atoms with van der Waals surface area (Å²) in [5.41, 5.74) is 0.887. The zero-order chi connectivity index (χ0) is 17.0. The third-order valence-corrected chi connectivity index (χ3v) is 6.15. The van der Waals surface area contributed by atoms with Gasteiger partial charge in [0.2, 0.25) is 5.91 Å². The molecule has 3 rings (SSSR count). The van der Waals surface area contributed by atoms with Crippen LogP contribution in [0.2, 0.25) is 0 Å². The number of benzene rings is 2. The van der Waals surface area contributed by atoms with E-state index in [0.29, 0.717) is 5.92 Å². The molecule has 1 N–H and O–H groups in total. The van der Waals surface area contributed by atoms with Gasteiger partial charge in [-0.05, 0) is 49.8 Å². The fourth-order valence-electron chi connectivity index (χ4n) is 2.91. The van der Waals surface area contributed by atoms with E-state index in [2.05, 4.69) is 17.4 Å². The highest BCUT2D eigenvalue weighted by molar-refractivity contribution is 8.01. The molecule has 0 spiro atoms. The Hall–Kier alpha value is -1.52. The fourth-order valence-corrected chi connectivity index (χ4v) is 4.08. The molecule has 1 aliphatic heterocycles. The van der Waals surface area contributed by atoms with Gasteiger partial charge in [-0.1, -0.05) is 36.4 Å². The summed E-state index contributed by atoms with van der Waals surface area (Å²) in [4.78, 5) is 12.8. The van der Waals surface area contributed by atoms with Crippen LogP contribution < -0.4 is 5.32 Å². The Bertz CT molecular complexity index is 702. The molecule has 24 heavy (non-hydrogen) atoms. The van der Waals surface area contributed by atoms with Crippen LogP contribution in [0.3, 0.4) is 0 Å². The molecule has 1 heterocycles. The molecule has 1 amide bonds. The fraction of sp³-hybridized carbons (Fsp3) is 0.450. The standard InChI is InChI=1S/C20H25NO2S/c1-20(2,24-14-15-10-12-23-13-11-15)19(22)21-18-9-5-7-16-6-3-4-8-17(16)18/h3-9,15H,10-14H2,1-2H3,(H,21,22). The average Bonchev–Trinajstić information content (AvgIpc) is 2.61.